The Morgan fingerprint density at radius 2 is 1.91 bits per heavy atom. The predicted molar refractivity (Wildman–Crippen MR) is 79.5 cm³/mol. The third kappa shape index (κ3) is 4.78. The molecule has 116 valence electrons. The summed E-state index contributed by atoms with van der Waals surface area (Å²) in [5, 5.41) is 4.86. The number of ketones is 1. The van der Waals surface area contributed by atoms with E-state index in [2.05, 4.69) is 10.1 Å². The van der Waals surface area contributed by atoms with Crippen molar-refractivity contribution >= 4 is 34.4 Å². The van der Waals surface area contributed by atoms with E-state index in [-0.39, 0.29) is 11.5 Å². The first kappa shape index (κ1) is 16.4. The largest absolute Gasteiger partial charge is 0.573 e. The van der Waals surface area contributed by atoms with Crippen molar-refractivity contribution in [2.75, 3.05) is 5.32 Å². The first-order valence-corrected chi connectivity index (χ1v) is 7.17. The standard InChI is InChI=1S/C14H9ClF3NO2S/c15-11-6-8-22-13(11)12(20)5-7-19-9-1-3-10(4-2-9)21-14(16,17)18/h1-8,19H/b7-5+. The fourth-order valence-corrected chi connectivity index (χ4v) is 2.58. The quantitative estimate of drug-likeness (QED) is 0.603. The molecule has 0 amide bonds. The lowest BCUT2D eigenvalue weighted by Crippen LogP contribution is -2.16. The van der Waals surface area contributed by atoms with Gasteiger partial charge >= 0.3 is 6.36 Å². The summed E-state index contributed by atoms with van der Waals surface area (Å²) in [6.07, 6.45) is -2.04. The van der Waals surface area contributed by atoms with E-state index in [1.165, 1.54) is 47.9 Å². The Labute approximate surface area is 133 Å². The van der Waals surface area contributed by atoms with E-state index in [1.807, 2.05) is 0 Å². The number of carbonyl (C=O) groups excluding carboxylic acids is 1. The zero-order valence-electron chi connectivity index (χ0n) is 10.9. The average molecular weight is 348 g/mol. The highest BCUT2D eigenvalue weighted by Crippen LogP contribution is 2.24. The number of hydrogen-bond donors (Lipinski definition) is 1. The maximum Gasteiger partial charge on any atom is 0.573 e. The molecule has 0 saturated carbocycles. The van der Waals surface area contributed by atoms with Crippen LogP contribution in [0.1, 0.15) is 9.67 Å². The molecule has 0 radical (unpaired) electrons. The summed E-state index contributed by atoms with van der Waals surface area (Å²) in [6, 6.07) is 6.76. The fourth-order valence-electron chi connectivity index (χ4n) is 1.51. The van der Waals surface area contributed by atoms with Gasteiger partial charge in [0, 0.05) is 18.0 Å². The summed E-state index contributed by atoms with van der Waals surface area (Å²) in [5.74, 6) is -0.576. The van der Waals surface area contributed by atoms with E-state index in [9.17, 15) is 18.0 Å². The summed E-state index contributed by atoms with van der Waals surface area (Å²) >= 11 is 7.06. The first-order chi connectivity index (χ1) is 10.3. The third-order valence-electron chi connectivity index (χ3n) is 2.41. The molecule has 2 rings (SSSR count). The van der Waals surface area contributed by atoms with Gasteiger partial charge in [0.1, 0.15) is 5.75 Å². The van der Waals surface area contributed by atoms with Crippen LogP contribution in [0.25, 0.3) is 0 Å². The Kier molecular flexibility index (Phi) is 5.10. The van der Waals surface area contributed by atoms with E-state index in [0.29, 0.717) is 15.6 Å². The maximum absolute atomic E-state index is 12.0. The van der Waals surface area contributed by atoms with Crippen LogP contribution in [-0.4, -0.2) is 12.1 Å². The molecular formula is C14H9ClF3NO2S. The van der Waals surface area contributed by atoms with E-state index >= 15 is 0 Å². The van der Waals surface area contributed by atoms with Crippen molar-refractivity contribution < 1.29 is 22.7 Å². The topological polar surface area (TPSA) is 38.3 Å². The molecule has 0 unspecified atom stereocenters. The minimum absolute atomic E-state index is 0.260. The lowest BCUT2D eigenvalue weighted by Gasteiger charge is -2.09. The van der Waals surface area contributed by atoms with Crippen LogP contribution < -0.4 is 10.1 Å². The summed E-state index contributed by atoms with van der Waals surface area (Å²) in [7, 11) is 0. The number of halogens is 4. The van der Waals surface area contributed by atoms with Crippen LogP contribution in [0.15, 0.2) is 48.0 Å². The Morgan fingerprint density at radius 3 is 2.45 bits per heavy atom. The third-order valence-corrected chi connectivity index (χ3v) is 3.77. The number of anilines is 1. The molecule has 1 aromatic carbocycles. The number of allylic oxidation sites excluding steroid dienone is 1. The number of alkyl halides is 3. The van der Waals surface area contributed by atoms with Crippen LogP contribution in [0, 0.1) is 0 Å². The number of hydrogen-bond acceptors (Lipinski definition) is 4. The van der Waals surface area contributed by atoms with Gasteiger partial charge in [0.25, 0.3) is 0 Å². The van der Waals surface area contributed by atoms with E-state index in [1.54, 1.807) is 11.4 Å². The molecule has 0 atom stereocenters. The second kappa shape index (κ2) is 6.85. The lowest BCUT2D eigenvalue weighted by molar-refractivity contribution is -0.274. The van der Waals surface area contributed by atoms with Crippen molar-refractivity contribution in [1.82, 2.24) is 0 Å². The van der Waals surface area contributed by atoms with Crippen LogP contribution in [0.5, 0.6) is 5.75 Å². The van der Waals surface area contributed by atoms with Crippen LogP contribution in [0.2, 0.25) is 5.02 Å². The lowest BCUT2D eigenvalue weighted by atomic mass is 10.3. The van der Waals surface area contributed by atoms with Crippen molar-refractivity contribution in [3.63, 3.8) is 0 Å². The van der Waals surface area contributed by atoms with Gasteiger partial charge in [-0.3, -0.25) is 4.79 Å². The number of nitrogens with one attached hydrogen (secondary N) is 1. The van der Waals surface area contributed by atoms with Gasteiger partial charge in [0.05, 0.1) is 9.90 Å². The first-order valence-electron chi connectivity index (χ1n) is 5.91. The minimum atomic E-state index is -4.72. The molecule has 2 aromatic rings. The number of carbonyl (C=O) groups is 1. The van der Waals surface area contributed by atoms with Crippen molar-refractivity contribution in [2.45, 2.75) is 6.36 Å². The Morgan fingerprint density at radius 1 is 1.23 bits per heavy atom. The Bertz CT molecular complexity index is 680. The molecule has 1 heterocycles. The number of thiophene rings is 1. The monoisotopic (exact) mass is 347 g/mol. The number of ether oxygens (including phenoxy) is 1. The van der Waals surface area contributed by atoms with E-state index < -0.39 is 6.36 Å². The Hall–Kier alpha value is -1.99. The van der Waals surface area contributed by atoms with Gasteiger partial charge in [-0.25, -0.2) is 0 Å². The van der Waals surface area contributed by atoms with Crippen molar-refractivity contribution in [3.05, 3.63) is 57.9 Å². The normalized spacial score (nSPS) is 11.6. The molecule has 0 aliphatic carbocycles. The fraction of sp³-hybridized carbons (Fsp3) is 0.0714. The summed E-state index contributed by atoms with van der Waals surface area (Å²) in [6.45, 7) is 0. The van der Waals surface area contributed by atoms with Gasteiger partial charge < -0.3 is 10.1 Å². The molecule has 22 heavy (non-hydrogen) atoms. The van der Waals surface area contributed by atoms with E-state index in [4.69, 9.17) is 11.6 Å². The molecule has 0 aliphatic heterocycles. The molecule has 1 N–H and O–H groups in total. The average Bonchev–Trinajstić information content (AvgIpc) is 2.85. The summed E-state index contributed by atoms with van der Waals surface area (Å²) in [4.78, 5) is 12.2. The van der Waals surface area contributed by atoms with Crippen molar-refractivity contribution in [2.24, 2.45) is 0 Å². The van der Waals surface area contributed by atoms with Crippen molar-refractivity contribution in [3.8, 4) is 5.75 Å². The second-order valence-electron chi connectivity index (χ2n) is 4.01. The van der Waals surface area contributed by atoms with Gasteiger partial charge in [-0.05, 0) is 35.7 Å². The molecule has 0 aliphatic rings. The predicted octanol–water partition coefficient (Wildman–Crippen LogP) is 5.11. The van der Waals surface area contributed by atoms with Crippen LogP contribution in [-0.2, 0) is 0 Å². The number of rotatable bonds is 5. The zero-order valence-corrected chi connectivity index (χ0v) is 12.4. The van der Waals surface area contributed by atoms with Crippen LogP contribution in [0.4, 0.5) is 18.9 Å². The van der Waals surface area contributed by atoms with E-state index in [0.717, 1.165) is 0 Å². The van der Waals surface area contributed by atoms with Gasteiger partial charge in [0.2, 0.25) is 0 Å². The van der Waals surface area contributed by atoms with Gasteiger partial charge in [0.15, 0.2) is 5.78 Å². The van der Waals surface area contributed by atoms with Gasteiger partial charge in [-0.2, -0.15) is 0 Å². The highest BCUT2D eigenvalue weighted by Gasteiger charge is 2.30. The molecule has 8 heteroatoms. The highest BCUT2D eigenvalue weighted by atomic mass is 35.5. The maximum atomic E-state index is 12.0. The molecule has 0 spiro atoms. The molecule has 0 bridgehead atoms. The zero-order chi connectivity index (χ0) is 16.2. The summed E-state index contributed by atoms with van der Waals surface area (Å²) in [5.41, 5.74) is 0.510. The minimum Gasteiger partial charge on any atom is -0.406 e. The van der Waals surface area contributed by atoms with Gasteiger partial charge in [-0.15, -0.1) is 24.5 Å². The van der Waals surface area contributed by atoms with Crippen molar-refractivity contribution in [1.29, 1.82) is 0 Å². The highest BCUT2D eigenvalue weighted by molar-refractivity contribution is 7.13. The van der Waals surface area contributed by atoms with Crippen LogP contribution in [0.3, 0.4) is 0 Å². The molecule has 1 aromatic heterocycles. The molecule has 3 nitrogen and oxygen atoms in total. The summed E-state index contributed by atoms with van der Waals surface area (Å²) < 4.78 is 39.8. The Balaban J connectivity index is 1.93. The molecule has 0 fully saturated rings. The number of benzene rings is 1. The van der Waals surface area contributed by atoms with Crippen LogP contribution >= 0.6 is 22.9 Å². The van der Waals surface area contributed by atoms with Gasteiger partial charge in [-0.1, -0.05) is 11.6 Å². The SMILES string of the molecule is O=C(/C=C/Nc1ccc(OC(F)(F)F)cc1)c1sccc1Cl. The second-order valence-corrected chi connectivity index (χ2v) is 5.34. The molecule has 0 saturated heterocycles. The smallest absolute Gasteiger partial charge is 0.406 e. The molecular weight excluding hydrogens is 339 g/mol.